The van der Waals surface area contributed by atoms with Crippen molar-refractivity contribution in [2.45, 2.75) is 19.4 Å². The van der Waals surface area contributed by atoms with E-state index in [9.17, 15) is 9.90 Å². The topological polar surface area (TPSA) is 82.7 Å². The highest BCUT2D eigenvalue weighted by molar-refractivity contribution is 5.80. The number of aliphatic hydroxyl groups is 1. The summed E-state index contributed by atoms with van der Waals surface area (Å²) in [7, 11) is 0. The number of carbonyl (C=O) groups excluding carboxylic acids is 1. The van der Waals surface area contributed by atoms with Gasteiger partial charge in [0.15, 0.2) is 0 Å². The second kappa shape index (κ2) is 7.55. The Hall–Kier alpha value is -2.25. The molecule has 1 fully saturated rings. The fraction of sp³-hybridized carbons (Fsp3) is 0.471. The van der Waals surface area contributed by atoms with Gasteiger partial charge in [-0.05, 0) is 6.92 Å². The summed E-state index contributed by atoms with van der Waals surface area (Å²) in [6.45, 7) is 5.18. The maximum Gasteiger partial charge on any atom is 0.251 e. The zero-order chi connectivity index (χ0) is 16.9. The van der Waals surface area contributed by atoms with Crippen LogP contribution in [-0.4, -0.2) is 69.8 Å². The van der Waals surface area contributed by atoms with Crippen molar-refractivity contribution in [3.05, 3.63) is 36.2 Å². The predicted octanol–water partition coefficient (Wildman–Crippen LogP) is 0.804. The van der Waals surface area contributed by atoms with Crippen molar-refractivity contribution < 1.29 is 14.4 Å². The average molecular weight is 330 g/mol. The van der Waals surface area contributed by atoms with Gasteiger partial charge < -0.3 is 14.5 Å². The van der Waals surface area contributed by atoms with E-state index in [1.165, 1.54) is 6.92 Å². The first kappa shape index (κ1) is 16.6. The third-order valence-corrected chi connectivity index (χ3v) is 4.18. The molecule has 0 aliphatic carbocycles. The molecule has 24 heavy (non-hydrogen) atoms. The minimum absolute atomic E-state index is 0.195. The van der Waals surface area contributed by atoms with E-state index in [4.69, 9.17) is 4.52 Å². The number of piperazine rings is 1. The van der Waals surface area contributed by atoms with Gasteiger partial charge in [0.05, 0.1) is 0 Å². The van der Waals surface area contributed by atoms with Crippen LogP contribution in [0.15, 0.2) is 34.9 Å². The zero-order valence-electron chi connectivity index (χ0n) is 13.8. The highest BCUT2D eigenvalue weighted by Gasteiger charge is 2.23. The number of nitrogens with zero attached hydrogens (tertiary/aromatic N) is 4. The van der Waals surface area contributed by atoms with Crippen molar-refractivity contribution >= 4 is 5.91 Å². The van der Waals surface area contributed by atoms with Gasteiger partial charge in [0.2, 0.25) is 11.7 Å². The molecule has 1 aromatic carbocycles. The summed E-state index contributed by atoms with van der Waals surface area (Å²) in [5.74, 6) is 1.04. The summed E-state index contributed by atoms with van der Waals surface area (Å²) in [4.78, 5) is 20.1. The van der Waals surface area contributed by atoms with Crippen molar-refractivity contribution in [1.82, 2.24) is 19.9 Å². The summed E-state index contributed by atoms with van der Waals surface area (Å²) in [5.41, 5.74) is 0.942. The molecule has 0 bridgehead atoms. The number of benzene rings is 1. The molecule has 1 unspecified atom stereocenters. The van der Waals surface area contributed by atoms with Crippen LogP contribution in [0.1, 0.15) is 12.8 Å². The van der Waals surface area contributed by atoms with Crippen LogP contribution in [-0.2, 0) is 11.2 Å². The Kier molecular flexibility index (Phi) is 5.22. The smallest absolute Gasteiger partial charge is 0.251 e. The van der Waals surface area contributed by atoms with Crippen LogP contribution >= 0.6 is 0 Å². The normalized spacial score (nSPS) is 17.0. The third kappa shape index (κ3) is 3.98. The lowest BCUT2D eigenvalue weighted by Gasteiger charge is -2.35. The van der Waals surface area contributed by atoms with Gasteiger partial charge in [-0.15, -0.1) is 0 Å². The Morgan fingerprint density at radius 1 is 1.25 bits per heavy atom. The molecule has 2 heterocycles. The molecule has 1 saturated heterocycles. The van der Waals surface area contributed by atoms with E-state index < -0.39 is 6.10 Å². The molecule has 1 aliphatic rings. The molecule has 1 aliphatic heterocycles. The summed E-state index contributed by atoms with van der Waals surface area (Å²) in [6, 6.07) is 9.74. The van der Waals surface area contributed by atoms with Gasteiger partial charge in [0.1, 0.15) is 6.10 Å². The molecule has 1 amide bonds. The molecule has 1 aromatic heterocycles. The first-order valence-electron chi connectivity index (χ1n) is 8.20. The van der Waals surface area contributed by atoms with Crippen molar-refractivity contribution in [3.63, 3.8) is 0 Å². The first-order valence-corrected chi connectivity index (χ1v) is 8.20. The summed E-state index contributed by atoms with van der Waals surface area (Å²) >= 11 is 0. The standard InChI is InChI=1S/C17H22N4O3/c1-13(22)17(23)21-11-9-20(10-12-21)8-7-15-18-16(19-24-15)14-5-3-2-4-6-14/h2-6,13,22H,7-12H2,1H3. The van der Waals surface area contributed by atoms with Crippen LogP contribution in [0.2, 0.25) is 0 Å². The van der Waals surface area contributed by atoms with Gasteiger partial charge in [-0.1, -0.05) is 35.5 Å². The van der Waals surface area contributed by atoms with E-state index in [1.807, 2.05) is 30.3 Å². The monoisotopic (exact) mass is 330 g/mol. The molecule has 3 rings (SSSR count). The van der Waals surface area contributed by atoms with E-state index in [1.54, 1.807) is 4.90 Å². The van der Waals surface area contributed by atoms with Crippen molar-refractivity contribution in [2.24, 2.45) is 0 Å². The molecule has 7 nitrogen and oxygen atoms in total. The van der Waals surface area contributed by atoms with Crippen LogP contribution in [0.4, 0.5) is 0 Å². The molecule has 0 spiro atoms. The fourth-order valence-corrected chi connectivity index (χ4v) is 2.77. The van der Waals surface area contributed by atoms with E-state index in [0.29, 0.717) is 31.2 Å². The first-order chi connectivity index (χ1) is 11.6. The highest BCUT2D eigenvalue weighted by atomic mass is 16.5. The number of carbonyl (C=O) groups is 1. The van der Waals surface area contributed by atoms with Crippen LogP contribution in [0, 0.1) is 0 Å². The fourth-order valence-electron chi connectivity index (χ4n) is 2.77. The van der Waals surface area contributed by atoms with Crippen molar-refractivity contribution in [3.8, 4) is 11.4 Å². The zero-order valence-corrected chi connectivity index (χ0v) is 13.8. The number of aliphatic hydroxyl groups excluding tert-OH is 1. The Balaban J connectivity index is 1.48. The SMILES string of the molecule is CC(O)C(=O)N1CCN(CCc2nc(-c3ccccc3)no2)CC1. The van der Waals surface area contributed by atoms with Crippen LogP contribution in [0.5, 0.6) is 0 Å². The number of aromatic nitrogens is 2. The summed E-state index contributed by atoms with van der Waals surface area (Å²) in [6.07, 6.45) is -0.240. The van der Waals surface area contributed by atoms with E-state index in [2.05, 4.69) is 15.0 Å². The quantitative estimate of drug-likeness (QED) is 0.873. The largest absolute Gasteiger partial charge is 0.384 e. The van der Waals surface area contributed by atoms with Gasteiger partial charge in [0, 0.05) is 44.7 Å². The highest BCUT2D eigenvalue weighted by Crippen LogP contribution is 2.15. The lowest BCUT2D eigenvalue weighted by atomic mass is 10.2. The van der Waals surface area contributed by atoms with Gasteiger partial charge in [-0.25, -0.2) is 0 Å². The second-order valence-electron chi connectivity index (χ2n) is 5.97. The Labute approximate surface area is 140 Å². The van der Waals surface area contributed by atoms with Crippen molar-refractivity contribution in [2.75, 3.05) is 32.7 Å². The summed E-state index contributed by atoms with van der Waals surface area (Å²) in [5, 5.41) is 13.4. The van der Waals surface area contributed by atoms with Crippen LogP contribution in [0.3, 0.4) is 0 Å². The average Bonchev–Trinajstić information content (AvgIpc) is 3.09. The molecule has 2 aromatic rings. The Morgan fingerprint density at radius 3 is 2.62 bits per heavy atom. The van der Waals surface area contributed by atoms with Crippen molar-refractivity contribution in [1.29, 1.82) is 0 Å². The Bertz CT molecular complexity index is 663. The van der Waals surface area contributed by atoms with E-state index >= 15 is 0 Å². The summed E-state index contributed by atoms with van der Waals surface area (Å²) < 4.78 is 5.32. The van der Waals surface area contributed by atoms with Gasteiger partial charge >= 0.3 is 0 Å². The van der Waals surface area contributed by atoms with Gasteiger partial charge in [-0.3, -0.25) is 9.69 Å². The number of hydrogen-bond acceptors (Lipinski definition) is 6. The molecular formula is C17H22N4O3. The lowest BCUT2D eigenvalue weighted by Crippen LogP contribution is -2.51. The molecule has 7 heteroatoms. The maximum absolute atomic E-state index is 11.7. The maximum atomic E-state index is 11.7. The predicted molar refractivity (Wildman–Crippen MR) is 88.1 cm³/mol. The number of rotatable bonds is 5. The molecule has 0 radical (unpaired) electrons. The van der Waals surface area contributed by atoms with Gasteiger partial charge in [0.25, 0.3) is 5.91 Å². The molecule has 128 valence electrons. The number of hydrogen-bond donors (Lipinski definition) is 1. The minimum Gasteiger partial charge on any atom is -0.384 e. The minimum atomic E-state index is -0.925. The second-order valence-corrected chi connectivity index (χ2v) is 5.97. The lowest BCUT2D eigenvalue weighted by molar-refractivity contribution is -0.141. The van der Waals surface area contributed by atoms with Crippen LogP contribution < -0.4 is 0 Å². The van der Waals surface area contributed by atoms with E-state index in [-0.39, 0.29) is 5.91 Å². The molecular weight excluding hydrogens is 308 g/mol. The van der Waals surface area contributed by atoms with Crippen LogP contribution in [0.25, 0.3) is 11.4 Å². The molecule has 0 saturated carbocycles. The molecule has 1 atom stereocenters. The molecule has 1 N–H and O–H groups in total. The van der Waals surface area contributed by atoms with Gasteiger partial charge in [-0.2, -0.15) is 4.98 Å². The van der Waals surface area contributed by atoms with E-state index in [0.717, 1.165) is 25.2 Å². The number of amides is 1. The third-order valence-electron chi connectivity index (χ3n) is 4.18. The Morgan fingerprint density at radius 2 is 1.96 bits per heavy atom.